The maximum atomic E-state index is 12.1. The Kier molecular flexibility index (Phi) is 18.8. The van der Waals surface area contributed by atoms with Gasteiger partial charge in [-0.3, -0.25) is 14.4 Å². The van der Waals surface area contributed by atoms with E-state index < -0.39 is 0 Å². The minimum Gasteiger partial charge on any atom is -0.371 e. The Morgan fingerprint density at radius 3 is 1.19 bits per heavy atom. The van der Waals surface area contributed by atoms with Crippen LogP contribution in [0.5, 0.6) is 0 Å². The number of aryl methyl sites for hydroxylation is 1. The van der Waals surface area contributed by atoms with Crippen LogP contribution >= 0.6 is 34.8 Å². The topological polar surface area (TPSA) is 142 Å². The van der Waals surface area contributed by atoms with Crippen LogP contribution in [0.25, 0.3) is 0 Å². The zero-order valence-electron chi connectivity index (χ0n) is 37.0. The Labute approximate surface area is 407 Å². The fourth-order valence-electron chi connectivity index (χ4n) is 7.63. The lowest BCUT2D eigenvalue weighted by molar-refractivity contribution is 0.0276. The number of benzene rings is 6. The fraction of sp³-hybridized carbons (Fsp3) is 0.264. The molecule has 3 atom stereocenters. The minimum atomic E-state index is -0.153. The second-order valence-electron chi connectivity index (χ2n) is 16.3. The lowest BCUT2D eigenvalue weighted by Gasteiger charge is -2.24. The van der Waals surface area contributed by atoms with E-state index in [4.69, 9.17) is 44.3 Å². The standard InChI is InChI=1S/C19H21ClN2O.2C17H17ClN2O2/c20-16-8-6-15(7-9-16)19(23)22-18-11-4-14(5-12-18)3-10-17-2-1-13-21-17;2*18-14-5-1-13(2-6-14)17(21)20-15-7-3-12(4-8-15)16-11-19-9-10-22-16/h4-9,11-12,17,21H,1-3,10,13H2,(H,22,23);2*1-8,16,19H,9-11H2,(H,20,21)/t;2*16-/m.10/s1. The summed E-state index contributed by atoms with van der Waals surface area (Å²) in [5.74, 6) is -0.426. The number of rotatable bonds is 11. The average molecular weight is 962 g/mol. The third-order valence-corrected chi connectivity index (χ3v) is 12.2. The summed E-state index contributed by atoms with van der Waals surface area (Å²) in [6.45, 7) is 6.02. The van der Waals surface area contributed by atoms with Crippen molar-refractivity contribution in [3.63, 3.8) is 0 Å². The van der Waals surface area contributed by atoms with Crippen LogP contribution in [0.4, 0.5) is 17.1 Å². The van der Waals surface area contributed by atoms with Gasteiger partial charge in [-0.2, -0.15) is 0 Å². The maximum absolute atomic E-state index is 12.1. The van der Waals surface area contributed by atoms with E-state index in [1.165, 1.54) is 24.8 Å². The van der Waals surface area contributed by atoms with Crippen molar-refractivity contribution in [2.45, 2.75) is 43.9 Å². The molecule has 3 amide bonds. The van der Waals surface area contributed by atoms with Gasteiger partial charge < -0.3 is 41.4 Å². The van der Waals surface area contributed by atoms with Crippen molar-refractivity contribution >= 4 is 69.6 Å². The van der Waals surface area contributed by atoms with Gasteiger partial charge in [-0.05, 0) is 158 Å². The molecule has 9 rings (SSSR count). The van der Waals surface area contributed by atoms with E-state index >= 15 is 0 Å². The van der Waals surface area contributed by atoms with Crippen molar-refractivity contribution in [3.05, 3.63) is 194 Å². The quantitative estimate of drug-likeness (QED) is 0.0754. The number of halogens is 3. The van der Waals surface area contributed by atoms with Crippen LogP contribution in [-0.2, 0) is 15.9 Å². The number of morpholine rings is 2. The molecule has 0 radical (unpaired) electrons. The Morgan fingerprint density at radius 2 is 0.866 bits per heavy atom. The number of amides is 3. The van der Waals surface area contributed by atoms with Crippen LogP contribution < -0.4 is 31.9 Å². The van der Waals surface area contributed by atoms with Gasteiger partial charge in [0.2, 0.25) is 0 Å². The summed E-state index contributed by atoms with van der Waals surface area (Å²) in [4.78, 5) is 36.4. The predicted octanol–water partition coefficient (Wildman–Crippen LogP) is 10.8. The zero-order valence-corrected chi connectivity index (χ0v) is 39.3. The lowest BCUT2D eigenvalue weighted by Crippen LogP contribution is -2.33. The Morgan fingerprint density at radius 1 is 0.493 bits per heavy atom. The SMILES string of the molecule is O=C(Nc1ccc(CCC2CCCN2)cc1)c1ccc(Cl)cc1.O=C(Nc1ccc([C@@H]2CNCCO2)cc1)c1ccc(Cl)cc1.O=C(Nc1ccc([C@H]2CNCCO2)cc1)c1ccc(Cl)cc1. The monoisotopic (exact) mass is 960 g/mol. The number of nitrogens with one attached hydrogen (secondary N) is 6. The van der Waals surface area contributed by atoms with Gasteiger partial charge in [-0.1, -0.05) is 71.2 Å². The third kappa shape index (κ3) is 15.7. The first kappa shape index (κ1) is 49.3. The second-order valence-corrected chi connectivity index (χ2v) is 17.6. The molecule has 3 heterocycles. The van der Waals surface area contributed by atoms with Gasteiger partial charge in [0, 0.05) is 81.0 Å². The average Bonchev–Trinajstić information content (AvgIpc) is 3.90. The molecule has 1 unspecified atom stereocenters. The van der Waals surface area contributed by atoms with E-state index in [0.29, 0.717) is 37.8 Å². The van der Waals surface area contributed by atoms with Crippen LogP contribution in [0.15, 0.2) is 146 Å². The highest BCUT2D eigenvalue weighted by Crippen LogP contribution is 2.23. The maximum Gasteiger partial charge on any atom is 0.255 e. The summed E-state index contributed by atoms with van der Waals surface area (Å²) in [6, 6.07) is 44.8. The molecule has 0 bridgehead atoms. The number of anilines is 3. The van der Waals surface area contributed by atoms with Crippen LogP contribution in [0.1, 0.15) is 79.2 Å². The molecule has 0 spiro atoms. The molecule has 6 N–H and O–H groups in total. The summed E-state index contributed by atoms with van der Waals surface area (Å²) < 4.78 is 11.4. The van der Waals surface area contributed by atoms with Crippen molar-refractivity contribution < 1.29 is 23.9 Å². The Bertz CT molecular complexity index is 2360. The Hall–Kier alpha value is -5.60. The zero-order chi connectivity index (χ0) is 46.8. The highest BCUT2D eigenvalue weighted by molar-refractivity contribution is 6.31. The third-order valence-electron chi connectivity index (χ3n) is 11.4. The second kappa shape index (κ2) is 25.5. The molecule has 0 aliphatic carbocycles. The van der Waals surface area contributed by atoms with Crippen LogP contribution in [0, 0.1) is 0 Å². The molecule has 6 aromatic carbocycles. The van der Waals surface area contributed by atoms with E-state index in [2.05, 4.69) is 44.0 Å². The summed E-state index contributed by atoms with van der Waals surface area (Å²) in [6.07, 6.45) is 4.99. The van der Waals surface area contributed by atoms with Crippen molar-refractivity contribution in [2.24, 2.45) is 0 Å². The van der Waals surface area contributed by atoms with Gasteiger partial charge in [0.1, 0.15) is 0 Å². The van der Waals surface area contributed by atoms with Crippen LogP contribution in [-0.4, -0.2) is 69.7 Å². The fourth-order valence-corrected chi connectivity index (χ4v) is 8.01. The number of hydrogen-bond donors (Lipinski definition) is 6. The molecule has 14 heteroatoms. The number of hydrogen-bond acceptors (Lipinski definition) is 8. The number of ether oxygens (including phenoxy) is 2. The Balaban J connectivity index is 0.000000149. The highest BCUT2D eigenvalue weighted by atomic mass is 35.5. The molecular formula is C53H55Cl3N6O5. The van der Waals surface area contributed by atoms with E-state index in [-0.39, 0.29) is 29.9 Å². The molecule has 3 fully saturated rings. The van der Waals surface area contributed by atoms with E-state index in [0.717, 1.165) is 80.5 Å². The molecule has 6 aromatic rings. The molecule has 0 aromatic heterocycles. The summed E-state index contributed by atoms with van der Waals surface area (Å²) in [5, 5.41) is 20.6. The molecule has 67 heavy (non-hydrogen) atoms. The molecule has 348 valence electrons. The van der Waals surface area contributed by atoms with Gasteiger partial charge in [-0.15, -0.1) is 0 Å². The van der Waals surface area contributed by atoms with E-state index in [1.807, 2.05) is 60.7 Å². The largest absolute Gasteiger partial charge is 0.371 e. The molecule has 3 aliphatic rings. The first-order valence-corrected chi connectivity index (χ1v) is 23.7. The van der Waals surface area contributed by atoms with Crippen LogP contribution in [0.3, 0.4) is 0 Å². The molecule has 3 aliphatic heterocycles. The molecule has 3 saturated heterocycles. The van der Waals surface area contributed by atoms with Gasteiger partial charge in [0.05, 0.1) is 25.4 Å². The first-order chi connectivity index (χ1) is 32.6. The number of carbonyl (C=O) groups is 3. The smallest absolute Gasteiger partial charge is 0.255 e. The van der Waals surface area contributed by atoms with Gasteiger partial charge in [0.15, 0.2) is 0 Å². The summed E-state index contributed by atoms with van der Waals surface area (Å²) in [7, 11) is 0. The van der Waals surface area contributed by atoms with Crippen molar-refractivity contribution in [2.75, 3.05) is 61.9 Å². The molecule has 11 nitrogen and oxygen atoms in total. The minimum absolute atomic E-state index is 0.0785. The van der Waals surface area contributed by atoms with Crippen LogP contribution in [0.2, 0.25) is 15.1 Å². The van der Waals surface area contributed by atoms with Crippen molar-refractivity contribution in [1.29, 1.82) is 0 Å². The summed E-state index contributed by atoms with van der Waals surface area (Å²) in [5.41, 5.74) is 7.61. The van der Waals surface area contributed by atoms with E-state index in [9.17, 15) is 14.4 Å². The number of carbonyl (C=O) groups excluding carboxylic acids is 3. The van der Waals surface area contributed by atoms with Gasteiger partial charge in [0.25, 0.3) is 17.7 Å². The highest BCUT2D eigenvalue weighted by Gasteiger charge is 2.18. The normalized spacial score (nSPS) is 17.7. The molecule has 0 saturated carbocycles. The van der Waals surface area contributed by atoms with Gasteiger partial charge in [-0.25, -0.2) is 0 Å². The van der Waals surface area contributed by atoms with E-state index in [1.54, 1.807) is 72.8 Å². The first-order valence-electron chi connectivity index (χ1n) is 22.5. The predicted molar refractivity (Wildman–Crippen MR) is 270 cm³/mol. The molecular weight excluding hydrogens is 907 g/mol. The van der Waals surface area contributed by atoms with Crippen molar-refractivity contribution in [3.8, 4) is 0 Å². The summed E-state index contributed by atoms with van der Waals surface area (Å²) >= 11 is 17.5. The van der Waals surface area contributed by atoms with Gasteiger partial charge >= 0.3 is 0 Å². The van der Waals surface area contributed by atoms with Crippen molar-refractivity contribution in [1.82, 2.24) is 16.0 Å². The lowest BCUT2D eigenvalue weighted by atomic mass is 10.0.